The number of carbonyl (C=O) groups is 1. The Morgan fingerprint density at radius 2 is 1.83 bits per heavy atom. The van der Waals surface area contributed by atoms with E-state index in [9.17, 15) is 23.1 Å². The van der Waals surface area contributed by atoms with Gasteiger partial charge in [0, 0.05) is 13.1 Å². The Morgan fingerprint density at radius 3 is 2.43 bits per heavy atom. The van der Waals surface area contributed by atoms with Crippen molar-refractivity contribution in [1.82, 2.24) is 10.6 Å². The van der Waals surface area contributed by atoms with Gasteiger partial charge in [-0.05, 0) is 34.9 Å². The Labute approximate surface area is 170 Å². The molecule has 2 aromatic carbocycles. The Bertz CT molecular complexity index is 932. The third-order valence-corrected chi connectivity index (χ3v) is 4.48. The summed E-state index contributed by atoms with van der Waals surface area (Å²) in [6.45, 7) is 0.472. The Balaban J connectivity index is 1.52. The van der Waals surface area contributed by atoms with E-state index >= 15 is 0 Å². The number of halogens is 3. The predicted octanol–water partition coefficient (Wildman–Crippen LogP) is 3.07. The van der Waals surface area contributed by atoms with Gasteiger partial charge in [-0.1, -0.05) is 35.5 Å². The van der Waals surface area contributed by atoms with Crippen molar-refractivity contribution in [3.05, 3.63) is 65.2 Å². The van der Waals surface area contributed by atoms with E-state index in [4.69, 9.17) is 4.74 Å². The van der Waals surface area contributed by atoms with E-state index in [-0.39, 0.29) is 12.3 Å². The van der Waals surface area contributed by atoms with Crippen LogP contribution in [-0.2, 0) is 17.9 Å². The van der Waals surface area contributed by atoms with Gasteiger partial charge in [-0.3, -0.25) is 0 Å². The molecule has 0 aromatic heterocycles. The fourth-order valence-electron chi connectivity index (χ4n) is 2.76. The molecular weight excluding hydrogens is 403 g/mol. The number of ether oxygens (including phenoxy) is 1. The molecule has 1 heterocycles. The van der Waals surface area contributed by atoms with Crippen molar-refractivity contribution in [1.29, 1.82) is 0 Å². The van der Waals surface area contributed by atoms with Crippen molar-refractivity contribution in [3.8, 4) is 5.75 Å². The van der Waals surface area contributed by atoms with Crippen molar-refractivity contribution < 1.29 is 32.6 Å². The second-order valence-electron chi connectivity index (χ2n) is 6.67. The molecule has 0 bridgehead atoms. The average Bonchev–Trinajstić information content (AvgIpc) is 3.15. The van der Waals surface area contributed by atoms with Crippen LogP contribution in [-0.4, -0.2) is 35.9 Å². The number of oxime groups is 1. The number of carbonyl (C=O) groups excluding carboxylic acids is 1. The van der Waals surface area contributed by atoms with E-state index < -0.39 is 24.4 Å². The minimum absolute atomic E-state index is 0.0272. The molecule has 10 heteroatoms. The molecule has 0 saturated carbocycles. The lowest BCUT2D eigenvalue weighted by atomic mass is 10.0. The van der Waals surface area contributed by atoms with Gasteiger partial charge in [0.2, 0.25) is 0 Å². The Morgan fingerprint density at radius 1 is 1.17 bits per heavy atom. The fourth-order valence-corrected chi connectivity index (χ4v) is 2.76. The predicted molar refractivity (Wildman–Crippen MR) is 102 cm³/mol. The highest BCUT2D eigenvalue weighted by Gasteiger charge is 2.60. The molecule has 3 rings (SSSR count). The number of nitrogens with zero attached hydrogens (tertiary/aromatic N) is 1. The SMILES string of the molecule is COc1ccc(CNC(=O)NCc2cccc(C3=NOC(O)(C(F)(F)F)C3)c2)cc1. The molecule has 0 aliphatic carbocycles. The van der Waals surface area contributed by atoms with Crippen molar-refractivity contribution in [2.24, 2.45) is 5.16 Å². The first-order valence-electron chi connectivity index (χ1n) is 8.98. The van der Waals surface area contributed by atoms with Crippen LogP contribution in [0.15, 0.2) is 53.7 Å². The summed E-state index contributed by atoms with van der Waals surface area (Å²) >= 11 is 0. The highest BCUT2D eigenvalue weighted by molar-refractivity contribution is 6.01. The zero-order chi connectivity index (χ0) is 21.8. The van der Waals surface area contributed by atoms with Crippen molar-refractivity contribution >= 4 is 11.7 Å². The van der Waals surface area contributed by atoms with Gasteiger partial charge in [0.15, 0.2) is 0 Å². The molecule has 0 spiro atoms. The van der Waals surface area contributed by atoms with E-state index in [1.54, 1.807) is 43.5 Å². The lowest BCUT2D eigenvalue weighted by molar-refractivity contribution is -0.355. The standard InChI is InChI=1S/C20H20F3N3O4/c1-29-16-7-5-13(6-8-16)11-24-18(27)25-12-14-3-2-4-15(9-14)17-10-19(28,30-26-17)20(21,22)23/h2-9,28H,10-12H2,1H3,(H2,24,25,27). The molecule has 1 aliphatic heterocycles. The summed E-state index contributed by atoms with van der Waals surface area (Å²) in [6.07, 6.45) is -5.77. The second kappa shape index (κ2) is 8.62. The summed E-state index contributed by atoms with van der Waals surface area (Å²) in [6, 6.07) is 13.3. The molecule has 0 saturated heterocycles. The quantitative estimate of drug-likeness (QED) is 0.666. The molecule has 7 nitrogen and oxygen atoms in total. The van der Waals surface area contributed by atoms with Crippen LogP contribution in [0.4, 0.5) is 18.0 Å². The van der Waals surface area contributed by atoms with Crippen LogP contribution in [0.3, 0.4) is 0 Å². The van der Waals surface area contributed by atoms with Gasteiger partial charge >= 0.3 is 18.0 Å². The van der Waals surface area contributed by atoms with Crippen LogP contribution < -0.4 is 15.4 Å². The van der Waals surface area contributed by atoms with E-state index in [1.165, 1.54) is 0 Å². The summed E-state index contributed by atoms with van der Waals surface area (Å²) in [4.78, 5) is 16.2. The smallest absolute Gasteiger partial charge is 0.458 e. The summed E-state index contributed by atoms with van der Waals surface area (Å²) < 4.78 is 43.6. The molecule has 160 valence electrons. The van der Waals surface area contributed by atoms with Crippen LogP contribution >= 0.6 is 0 Å². The first-order chi connectivity index (χ1) is 14.2. The monoisotopic (exact) mass is 423 g/mol. The number of urea groups is 1. The van der Waals surface area contributed by atoms with Gasteiger partial charge in [0.25, 0.3) is 0 Å². The van der Waals surface area contributed by atoms with Crippen LogP contribution in [0.25, 0.3) is 0 Å². The first-order valence-corrected chi connectivity index (χ1v) is 8.98. The summed E-state index contributed by atoms with van der Waals surface area (Å²) in [5, 5.41) is 18.3. The molecular formula is C20H20F3N3O4. The highest BCUT2D eigenvalue weighted by Crippen LogP contribution is 2.38. The number of alkyl halides is 3. The molecule has 30 heavy (non-hydrogen) atoms. The average molecular weight is 423 g/mol. The molecule has 0 fully saturated rings. The van der Waals surface area contributed by atoms with Crippen LogP contribution in [0.1, 0.15) is 23.1 Å². The van der Waals surface area contributed by atoms with E-state index in [0.29, 0.717) is 23.4 Å². The number of rotatable bonds is 6. The maximum absolute atomic E-state index is 12.8. The van der Waals surface area contributed by atoms with Crippen LogP contribution in [0.2, 0.25) is 0 Å². The lowest BCUT2D eigenvalue weighted by Gasteiger charge is -2.22. The number of methoxy groups -OCH3 is 1. The Hall–Kier alpha value is -3.27. The summed E-state index contributed by atoms with van der Waals surface area (Å²) in [5.74, 6) is -2.60. The number of aliphatic hydroxyl groups is 1. The number of benzene rings is 2. The molecule has 0 radical (unpaired) electrons. The zero-order valence-electron chi connectivity index (χ0n) is 16.0. The maximum Gasteiger partial charge on any atom is 0.458 e. The van der Waals surface area contributed by atoms with Gasteiger partial charge in [-0.2, -0.15) is 13.2 Å². The van der Waals surface area contributed by atoms with Crippen LogP contribution in [0, 0.1) is 0 Å². The van der Waals surface area contributed by atoms with Crippen LogP contribution in [0.5, 0.6) is 5.75 Å². The van der Waals surface area contributed by atoms with Crippen molar-refractivity contribution in [2.75, 3.05) is 7.11 Å². The number of hydrogen-bond donors (Lipinski definition) is 3. The number of nitrogens with one attached hydrogen (secondary N) is 2. The van der Waals surface area contributed by atoms with Gasteiger partial charge in [0.1, 0.15) is 5.75 Å². The highest BCUT2D eigenvalue weighted by atomic mass is 19.4. The molecule has 1 atom stereocenters. The third-order valence-electron chi connectivity index (χ3n) is 4.48. The van der Waals surface area contributed by atoms with E-state index in [2.05, 4.69) is 20.6 Å². The second-order valence-corrected chi connectivity index (χ2v) is 6.67. The van der Waals surface area contributed by atoms with E-state index in [0.717, 1.165) is 5.56 Å². The zero-order valence-corrected chi connectivity index (χ0v) is 16.0. The lowest BCUT2D eigenvalue weighted by Crippen LogP contribution is -2.45. The van der Waals surface area contributed by atoms with Gasteiger partial charge in [-0.25, -0.2) is 4.79 Å². The normalized spacial score (nSPS) is 18.4. The molecule has 3 N–H and O–H groups in total. The fraction of sp³-hybridized carbons (Fsp3) is 0.300. The largest absolute Gasteiger partial charge is 0.497 e. The first kappa shape index (κ1) is 21.4. The third kappa shape index (κ3) is 5.01. The molecule has 1 unspecified atom stereocenters. The number of amides is 2. The van der Waals surface area contributed by atoms with Crippen molar-refractivity contribution in [2.45, 2.75) is 31.5 Å². The van der Waals surface area contributed by atoms with E-state index in [1.807, 2.05) is 12.1 Å². The minimum atomic E-state index is -4.96. The Kier molecular flexibility index (Phi) is 6.16. The maximum atomic E-state index is 12.8. The van der Waals surface area contributed by atoms with Crippen molar-refractivity contribution in [3.63, 3.8) is 0 Å². The minimum Gasteiger partial charge on any atom is -0.497 e. The summed E-state index contributed by atoms with van der Waals surface area (Å²) in [7, 11) is 1.57. The van der Waals surface area contributed by atoms with Gasteiger partial charge in [0.05, 0.1) is 19.2 Å². The summed E-state index contributed by atoms with van der Waals surface area (Å²) in [5.41, 5.74) is 1.88. The molecule has 2 amide bonds. The molecule has 2 aromatic rings. The topological polar surface area (TPSA) is 92.2 Å². The molecule has 1 aliphatic rings. The number of hydrogen-bond acceptors (Lipinski definition) is 5. The van der Waals surface area contributed by atoms with Gasteiger partial charge < -0.3 is 25.3 Å². The van der Waals surface area contributed by atoms with Gasteiger partial charge in [-0.15, -0.1) is 0 Å².